The van der Waals surface area contributed by atoms with E-state index in [0.29, 0.717) is 56.9 Å². The van der Waals surface area contributed by atoms with Crippen LogP contribution in [-0.2, 0) is 9.53 Å². The van der Waals surface area contributed by atoms with Gasteiger partial charge in [0.2, 0.25) is 11.7 Å². The van der Waals surface area contributed by atoms with Gasteiger partial charge in [-0.2, -0.15) is 0 Å². The molecule has 0 unspecified atom stereocenters. The largest absolute Gasteiger partial charge is 0.496 e. The van der Waals surface area contributed by atoms with Gasteiger partial charge in [-0.15, -0.1) is 0 Å². The van der Waals surface area contributed by atoms with Gasteiger partial charge in [-0.05, 0) is 30.3 Å². The number of aromatic nitrogens is 1. The van der Waals surface area contributed by atoms with Crippen LogP contribution in [0.5, 0.6) is 34.6 Å². The molecule has 9 nitrogen and oxygen atoms in total. The quantitative estimate of drug-likeness (QED) is 0.365. The number of rotatable bonds is 6. The van der Waals surface area contributed by atoms with Gasteiger partial charge in [0, 0.05) is 34.9 Å². The average Bonchev–Trinajstić information content (AvgIpc) is 3.22. The summed E-state index contributed by atoms with van der Waals surface area (Å²) in [6, 6.07) is 10.3. The van der Waals surface area contributed by atoms with Crippen LogP contribution in [0.2, 0.25) is 0 Å². The van der Waals surface area contributed by atoms with Crippen molar-refractivity contribution in [2.75, 3.05) is 28.4 Å². The first-order chi connectivity index (χ1) is 17.5. The molecule has 3 aromatic rings. The fraction of sp³-hybridized carbons (Fsp3) is 0.222. The van der Waals surface area contributed by atoms with E-state index in [1.165, 1.54) is 28.4 Å². The second kappa shape index (κ2) is 9.26. The van der Waals surface area contributed by atoms with Gasteiger partial charge in [0.05, 0.1) is 40.4 Å². The van der Waals surface area contributed by atoms with E-state index in [4.69, 9.17) is 28.4 Å². The molecule has 184 valence electrons. The normalized spacial score (nSPS) is 16.3. The Labute approximate surface area is 207 Å². The highest BCUT2D eigenvalue weighted by molar-refractivity contribution is 6.15. The van der Waals surface area contributed by atoms with E-state index in [9.17, 15) is 9.59 Å². The Hall–Kier alpha value is -4.53. The van der Waals surface area contributed by atoms with Crippen molar-refractivity contribution in [3.8, 4) is 34.6 Å². The van der Waals surface area contributed by atoms with E-state index in [0.717, 1.165) is 0 Å². The summed E-state index contributed by atoms with van der Waals surface area (Å²) < 4.78 is 33.3. The van der Waals surface area contributed by atoms with Crippen molar-refractivity contribution in [2.24, 2.45) is 0 Å². The summed E-state index contributed by atoms with van der Waals surface area (Å²) >= 11 is 0. The molecule has 0 saturated carbocycles. The maximum atomic E-state index is 13.4. The first-order valence-corrected chi connectivity index (χ1v) is 11.1. The van der Waals surface area contributed by atoms with Crippen molar-refractivity contribution < 1.29 is 38.0 Å². The number of Topliss-reactive ketones (excluding diaryl/α,β-unsaturated/α-hetero) is 1. The van der Waals surface area contributed by atoms with Gasteiger partial charge in [-0.1, -0.05) is 6.07 Å². The van der Waals surface area contributed by atoms with Crippen LogP contribution < -0.4 is 23.7 Å². The van der Waals surface area contributed by atoms with E-state index in [2.05, 4.69) is 4.98 Å². The SMILES string of the molecule is COC(=O)C[C@@H]1c2cccnc2Oc2ccc3c(c21)O/C(=C\c1cc(OC)c(OC)cc1OC)C3=O. The van der Waals surface area contributed by atoms with Crippen molar-refractivity contribution >= 4 is 17.8 Å². The van der Waals surface area contributed by atoms with Gasteiger partial charge in [0.25, 0.3) is 0 Å². The number of carbonyl (C=O) groups is 2. The number of carbonyl (C=O) groups excluding carboxylic acids is 2. The topological polar surface area (TPSA) is 102 Å². The molecule has 2 aliphatic rings. The minimum atomic E-state index is -0.470. The summed E-state index contributed by atoms with van der Waals surface area (Å²) in [5, 5.41) is 0. The van der Waals surface area contributed by atoms with Crippen LogP contribution in [0.1, 0.15) is 39.4 Å². The first kappa shape index (κ1) is 23.2. The van der Waals surface area contributed by atoms with E-state index >= 15 is 0 Å². The molecule has 0 amide bonds. The Balaban J connectivity index is 1.61. The average molecular weight is 489 g/mol. The van der Waals surface area contributed by atoms with Gasteiger partial charge >= 0.3 is 5.97 Å². The Morgan fingerprint density at radius 3 is 2.47 bits per heavy atom. The number of benzene rings is 2. The molecule has 0 bridgehead atoms. The van der Waals surface area contributed by atoms with Gasteiger partial charge in [0.15, 0.2) is 17.3 Å². The van der Waals surface area contributed by atoms with Crippen molar-refractivity contribution in [1.29, 1.82) is 0 Å². The number of methoxy groups -OCH3 is 4. The predicted octanol–water partition coefficient (Wildman–Crippen LogP) is 4.52. The van der Waals surface area contributed by atoms with Gasteiger partial charge in [-0.3, -0.25) is 9.59 Å². The third-order valence-corrected chi connectivity index (χ3v) is 6.19. The maximum Gasteiger partial charge on any atom is 0.306 e. The highest BCUT2D eigenvalue weighted by Gasteiger charge is 2.39. The van der Waals surface area contributed by atoms with E-state index < -0.39 is 11.9 Å². The van der Waals surface area contributed by atoms with E-state index in [1.807, 2.05) is 6.07 Å². The molecule has 0 spiro atoms. The van der Waals surface area contributed by atoms with Gasteiger partial charge < -0.3 is 28.4 Å². The summed E-state index contributed by atoms with van der Waals surface area (Å²) in [6.07, 6.45) is 3.23. The lowest BCUT2D eigenvalue weighted by atomic mass is 9.85. The van der Waals surface area contributed by atoms with Crippen LogP contribution in [0.4, 0.5) is 0 Å². The maximum absolute atomic E-state index is 13.4. The molecular weight excluding hydrogens is 466 g/mol. The standard InChI is InChI=1S/C27H23NO8/c1-31-19-13-21(33-3)20(32-2)10-14(19)11-22-25(30)16-7-8-18-24(26(16)35-22)17(12-23(29)34-4)15-6-5-9-28-27(15)36-18/h5-11,13,17H,12H2,1-4H3/b22-11-/t17-/m1/s1. The number of allylic oxidation sites excluding steroid dienone is 1. The molecular formula is C27H23NO8. The lowest BCUT2D eigenvalue weighted by molar-refractivity contribution is -0.140. The highest BCUT2D eigenvalue weighted by atomic mass is 16.5. The van der Waals surface area contributed by atoms with Crippen LogP contribution in [-0.4, -0.2) is 45.2 Å². The summed E-state index contributed by atoms with van der Waals surface area (Å²) in [5.41, 5.74) is 2.23. The number of hydrogen-bond acceptors (Lipinski definition) is 9. The van der Waals surface area contributed by atoms with Gasteiger partial charge in [-0.25, -0.2) is 4.98 Å². The van der Waals surface area contributed by atoms with Crippen molar-refractivity contribution in [2.45, 2.75) is 12.3 Å². The highest BCUT2D eigenvalue weighted by Crippen LogP contribution is 2.52. The lowest BCUT2D eigenvalue weighted by Crippen LogP contribution is -2.16. The van der Waals surface area contributed by atoms with E-state index in [1.54, 1.807) is 42.6 Å². The summed E-state index contributed by atoms with van der Waals surface area (Å²) in [4.78, 5) is 30.0. The Morgan fingerprint density at radius 1 is 1.00 bits per heavy atom. The number of hydrogen-bond donors (Lipinski definition) is 0. The van der Waals surface area contributed by atoms with Crippen molar-refractivity contribution in [3.05, 3.63) is 70.6 Å². The number of nitrogens with zero attached hydrogens (tertiary/aromatic N) is 1. The summed E-state index contributed by atoms with van der Waals surface area (Å²) in [7, 11) is 5.90. The number of esters is 1. The zero-order valence-corrected chi connectivity index (χ0v) is 20.1. The number of pyridine rings is 1. The molecule has 0 aliphatic carbocycles. The van der Waals surface area contributed by atoms with Crippen LogP contribution >= 0.6 is 0 Å². The van der Waals surface area contributed by atoms with Crippen molar-refractivity contribution in [1.82, 2.24) is 4.98 Å². The zero-order chi connectivity index (χ0) is 25.4. The van der Waals surface area contributed by atoms with Crippen molar-refractivity contribution in [3.63, 3.8) is 0 Å². The van der Waals surface area contributed by atoms with Crippen LogP contribution in [0.25, 0.3) is 6.08 Å². The number of fused-ring (bicyclic) bond motifs is 4. The van der Waals surface area contributed by atoms with Crippen LogP contribution in [0.3, 0.4) is 0 Å². The molecule has 36 heavy (non-hydrogen) atoms. The fourth-order valence-corrected chi connectivity index (χ4v) is 4.46. The minimum absolute atomic E-state index is 0.0299. The molecule has 2 aliphatic heterocycles. The molecule has 1 atom stereocenters. The second-order valence-electron chi connectivity index (χ2n) is 8.08. The molecule has 0 N–H and O–H groups in total. The molecule has 9 heteroatoms. The molecule has 1 aromatic heterocycles. The molecule has 3 heterocycles. The monoisotopic (exact) mass is 489 g/mol. The molecule has 5 rings (SSSR count). The molecule has 0 fully saturated rings. The third kappa shape index (κ3) is 3.78. The fourth-order valence-electron chi connectivity index (χ4n) is 4.46. The predicted molar refractivity (Wildman–Crippen MR) is 128 cm³/mol. The summed E-state index contributed by atoms with van der Waals surface area (Å²) in [6.45, 7) is 0. The zero-order valence-electron chi connectivity index (χ0n) is 20.1. The smallest absolute Gasteiger partial charge is 0.306 e. The van der Waals surface area contributed by atoms with E-state index in [-0.39, 0.29) is 18.0 Å². The van der Waals surface area contributed by atoms with Crippen LogP contribution in [0.15, 0.2) is 48.4 Å². The lowest BCUT2D eigenvalue weighted by Gasteiger charge is -2.27. The Kier molecular flexibility index (Phi) is 5.97. The Bertz CT molecular complexity index is 1410. The number of ketones is 1. The Morgan fingerprint density at radius 2 is 1.75 bits per heavy atom. The molecule has 0 saturated heterocycles. The molecule has 0 radical (unpaired) electrons. The molecule has 2 aromatic carbocycles. The third-order valence-electron chi connectivity index (χ3n) is 6.19. The van der Waals surface area contributed by atoms with Crippen LogP contribution in [0, 0.1) is 0 Å². The minimum Gasteiger partial charge on any atom is -0.496 e. The second-order valence-corrected chi connectivity index (χ2v) is 8.08. The van der Waals surface area contributed by atoms with Gasteiger partial charge in [0.1, 0.15) is 17.2 Å². The first-order valence-electron chi connectivity index (χ1n) is 11.1. The summed E-state index contributed by atoms with van der Waals surface area (Å²) in [5.74, 6) is 1.55. The number of ether oxygens (including phenoxy) is 6.